The maximum atomic E-state index is 11.5. The van der Waals surface area contributed by atoms with Crippen molar-refractivity contribution in [1.82, 2.24) is 10.2 Å². The lowest BCUT2D eigenvalue weighted by Gasteiger charge is -2.48. The normalized spacial score (nSPS) is 29.5. The Morgan fingerprint density at radius 1 is 1.50 bits per heavy atom. The van der Waals surface area contributed by atoms with Crippen molar-refractivity contribution in [3.8, 4) is 0 Å². The van der Waals surface area contributed by atoms with Crippen LogP contribution < -0.4 is 11.1 Å². The molecular formula is C12H25N3O. The van der Waals surface area contributed by atoms with Crippen molar-refractivity contribution in [2.75, 3.05) is 27.2 Å². The molecule has 3 N–H and O–H groups in total. The maximum absolute atomic E-state index is 11.5. The number of likely N-dealkylation sites (N-methyl/N-ethyl adjacent to an activating group) is 1. The average Bonchev–Trinajstić information content (AvgIpc) is 2.06. The molecule has 1 aliphatic carbocycles. The summed E-state index contributed by atoms with van der Waals surface area (Å²) in [7, 11) is 4.05. The minimum atomic E-state index is -0.426. The number of hydrogen-bond donors (Lipinski definition) is 2. The molecule has 0 aliphatic heterocycles. The summed E-state index contributed by atoms with van der Waals surface area (Å²) in [6.45, 7) is 6.16. The monoisotopic (exact) mass is 227 g/mol. The van der Waals surface area contributed by atoms with Crippen molar-refractivity contribution >= 4 is 5.91 Å². The SMILES string of the molecule is CC(C)C1CC(NCCN(C)C)(C(N)=O)C1. The van der Waals surface area contributed by atoms with E-state index in [0.717, 1.165) is 25.9 Å². The fourth-order valence-electron chi connectivity index (χ4n) is 2.26. The molecule has 0 saturated heterocycles. The predicted octanol–water partition coefficient (Wildman–Crippen LogP) is 0.428. The topological polar surface area (TPSA) is 58.4 Å². The lowest BCUT2D eigenvalue weighted by Crippen LogP contribution is -2.64. The molecule has 4 nitrogen and oxygen atoms in total. The highest BCUT2D eigenvalue weighted by atomic mass is 16.1. The Kier molecular flexibility index (Phi) is 4.33. The molecule has 1 fully saturated rings. The highest BCUT2D eigenvalue weighted by Gasteiger charge is 2.49. The summed E-state index contributed by atoms with van der Waals surface area (Å²) >= 11 is 0. The first-order valence-electron chi connectivity index (χ1n) is 6.07. The molecule has 0 aromatic carbocycles. The molecule has 0 spiro atoms. The summed E-state index contributed by atoms with van der Waals surface area (Å²) in [5, 5.41) is 3.33. The van der Waals surface area contributed by atoms with E-state index in [-0.39, 0.29) is 5.91 Å². The van der Waals surface area contributed by atoms with Crippen LogP contribution in [0.15, 0.2) is 0 Å². The summed E-state index contributed by atoms with van der Waals surface area (Å²) in [6.07, 6.45) is 1.79. The average molecular weight is 227 g/mol. The van der Waals surface area contributed by atoms with E-state index in [9.17, 15) is 4.79 Å². The molecule has 0 aromatic rings. The van der Waals surface area contributed by atoms with Gasteiger partial charge < -0.3 is 16.0 Å². The molecule has 0 bridgehead atoms. The zero-order chi connectivity index (χ0) is 12.3. The van der Waals surface area contributed by atoms with Gasteiger partial charge in [0.05, 0.1) is 5.54 Å². The summed E-state index contributed by atoms with van der Waals surface area (Å²) in [6, 6.07) is 0. The second-order valence-corrected chi connectivity index (χ2v) is 5.59. The van der Waals surface area contributed by atoms with Gasteiger partial charge in [0.1, 0.15) is 0 Å². The number of nitrogens with one attached hydrogen (secondary N) is 1. The van der Waals surface area contributed by atoms with Crippen LogP contribution >= 0.6 is 0 Å². The predicted molar refractivity (Wildman–Crippen MR) is 66.0 cm³/mol. The first-order chi connectivity index (χ1) is 7.37. The van der Waals surface area contributed by atoms with E-state index in [2.05, 4.69) is 24.1 Å². The van der Waals surface area contributed by atoms with Crippen LogP contribution in [0.25, 0.3) is 0 Å². The molecule has 16 heavy (non-hydrogen) atoms. The Morgan fingerprint density at radius 3 is 2.44 bits per heavy atom. The molecular weight excluding hydrogens is 202 g/mol. The Morgan fingerprint density at radius 2 is 2.06 bits per heavy atom. The van der Waals surface area contributed by atoms with Crippen LogP contribution in [0, 0.1) is 11.8 Å². The van der Waals surface area contributed by atoms with Gasteiger partial charge in [0.25, 0.3) is 0 Å². The summed E-state index contributed by atoms with van der Waals surface area (Å²) in [5.41, 5.74) is 5.07. The Bertz CT molecular complexity index is 245. The molecule has 1 rings (SSSR count). The quantitative estimate of drug-likeness (QED) is 0.692. The van der Waals surface area contributed by atoms with Crippen LogP contribution in [-0.2, 0) is 4.79 Å². The van der Waals surface area contributed by atoms with Crippen LogP contribution in [0.1, 0.15) is 26.7 Å². The van der Waals surface area contributed by atoms with E-state index < -0.39 is 5.54 Å². The number of hydrogen-bond acceptors (Lipinski definition) is 3. The van der Waals surface area contributed by atoms with Crippen molar-refractivity contribution in [1.29, 1.82) is 0 Å². The molecule has 0 heterocycles. The van der Waals surface area contributed by atoms with E-state index in [4.69, 9.17) is 5.73 Å². The molecule has 0 atom stereocenters. The summed E-state index contributed by atoms with van der Waals surface area (Å²) in [5.74, 6) is 1.09. The van der Waals surface area contributed by atoms with E-state index in [1.807, 2.05) is 14.1 Å². The van der Waals surface area contributed by atoms with Gasteiger partial charge in [-0.25, -0.2) is 0 Å². The van der Waals surface area contributed by atoms with Crippen molar-refractivity contribution in [2.24, 2.45) is 17.6 Å². The molecule has 0 aromatic heterocycles. The molecule has 0 radical (unpaired) electrons. The van der Waals surface area contributed by atoms with Crippen molar-refractivity contribution in [2.45, 2.75) is 32.2 Å². The van der Waals surface area contributed by atoms with Gasteiger partial charge >= 0.3 is 0 Å². The van der Waals surface area contributed by atoms with Gasteiger partial charge in [-0.15, -0.1) is 0 Å². The van der Waals surface area contributed by atoms with E-state index in [0.29, 0.717) is 11.8 Å². The number of carbonyl (C=O) groups is 1. The molecule has 1 amide bonds. The third kappa shape index (κ3) is 2.95. The third-order valence-electron chi connectivity index (χ3n) is 3.66. The Balaban J connectivity index is 2.42. The van der Waals surface area contributed by atoms with Gasteiger partial charge in [-0.3, -0.25) is 4.79 Å². The second kappa shape index (κ2) is 5.15. The van der Waals surface area contributed by atoms with Crippen LogP contribution in [0.4, 0.5) is 0 Å². The van der Waals surface area contributed by atoms with Crippen molar-refractivity contribution in [3.63, 3.8) is 0 Å². The first-order valence-corrected chi connectivity index (χ1v) is 6.07. The number of nitrogens with zero attached hydrogens (tertiary/aromatic N) is 1. The fraction of sp³-hybridized carbons (Fsp3) is 0.917. The Labute approximate surface area is 98.6 Å². The Hall–Kier alpha value is -0.610. The lowest BCUT2D eigenvalue weighted by molar-refractivity contribution is -0.131. The second-order valence-electron chi connectivity index (χ2n) is 5.59. The van der Waals surface area contributed by atoms with E-state index >= 15 is 0 Å². The number of carbonyl (C=O) groups excluding carboxylic acids is 1. The van der Waals surface area contributed by atoms with Gasteiger partial charge in [0, 0.05) is 13.1 Å². The minimum absolute atomic E-state index is 0.192. The molecule has 94 valence electrons. The fourth-order valence-corrected chi connectivity index (χ4v) is 2.26. The van der Waals surface area contributed by atoms with Crippen LogP contribution in [-0.4, -0.2) is 43.5 Å². The van der Waals surface area contributed by atoms with Crippen LogP contribution in [0.2, 0.25) is 0 Å². The maximum Gasteiger partial charge on any atom is 0.237 e. The van der Waals surface area contributed by atoms with E-state index in [1.165, 1.54) is 0 Å². The van der Waals surface area contributed by atoms with Gasteiger partial charge in [0.15, 0.2) is 0 Å². The van der Waals surface area contributed by atoms with Crippen molar-refractivity contribution < 1.29 is 4.79 Å². The van der Waals surface area contributed by atoms with Gasteiger partial charge in [-0.1, -0.05) is 13.8 Å². The van der Waals surface area contributed by atoms with Gasteiger partial charge in [-0.2, -0.15) is 0 Å². The largest absolute Gasteiger partial charge is 0.368 e. The molecule has 1 saturated carbocycles. The minimum Gasteiger partial charge on any atom is -0.368 e. The van der Waals surface area contributed by atoms with E-state index in [1.54, 1.807) is 0 Å². The van der Waals surface area contributed by atoms with Crippen LogP contribution in [0.3, 0.4) is 0 Å². The third-order valence-corrected chi connectivity index (χ3v) is 3.66. The van der Waals surface area contributed by atoms with Gasteiger partial charge in [0.2, 0.25) is 5.91 Å². The highest BCUT2D eigenvalue weighted by Crippen LogP contribution is 2.41. The zero-order valence-corrected chi connectivity index (χ0v) is 10.9. The molecule has 4 heteroatoms. The number of amides is 1. The number of nitrogens with two attached hydrogens (primary N) is 1. The molecule has 1 aliphatic rings. The summed E-state index contributed by atoms with van der Waals surface area (Å²) < 4.78 is 0. The number of primary amides is 1. The molecule has 0 unspecified atom stereocenters. The standard InChI is InChI=1S/C12H25N3O/c1-9(2)10-7-12(8-10,11(13)16)14-5-6-15(3)4/h9-10,14H,5-8H2,1-4H3,(H2,13,16). The highest BCUT2D eigenvalue weighted by molar-refractivity contribution is 5.85. The van der Waals surface area contributed by atoms with Crippen molar-refractivity contribution in [3.05, 3.63) is 0 Å². The van der Waals surface area contributed by atoms with Gasteiger partial charge in [-0.05, 0) is 38.8 Å². The summed E-state index contributed by atoms with van der Waals surface area (Å²) in [4.78, 5) is 13.6. The smallest absolute Gasteiger partial charge is 0.237 e. The lowest BCUT2D eigenvalue weighted by atomic mass is 9.63. The zero-order valence-electron chi connectivity index (χ0n) is 10.9. The van der Waals surface area contributed by atoms with Crippen LogP contribution in [0.5, 0.6) is 0 Å². The number of rotatable bonds is 6. The first kappa shape index (κ1) is 13.5.